The van der Waals surface area contributed by atoms with Gasteiger partial charge in [0.1, 0.15) is 0 Å². The van der Waals surface area contributed by atoms with E-state index in [0.717, 1.165) is 19.1 Å². The molecule has 0 aromatic rings. The number of likely N-dealkylation sites (tertiary alicyclic amines) is 1. The molecule has 25 heavy (non-hydrogen) atoms. The minimum absolute atomic E-state index is 0. The Morgan fingerprint density at radius 1 is 1.20 bits per heavy atom. The van der Waals surface area contributed by atoms with Crippen molar-refractivity contribution < 1.29 is 4.74 Å². The van der Waals surface area contributed by atoms with Crippen molar-refractivity contribution >= 4 is 29.9 Å². The zero-order valence-corrected chi connectivity index (χ0v) is 18.9. The van der Waals surface area contributed by atoms with Gasteiger partial charge in [0, 0.05) is 55.7 Å². The molecule has 0 amide bonds. The summed E-state index contributed by atoms with van der Waals surface area (Å²) >= 11 is 0. The number of halogens is 1. The number of guanidine groups is 1. The first-order chi connectivity index (χ1) is 11.4. The van der Waals surface area contributed by atoms with Crippen LogP contribution in [0.1, 0.15) is 53.9 Å². The Morgan fingerprint density at radius 2 is 1.88 bits per heavy atom. The van der Waals surface area contributed by atoms with E-state index in [1.807, 2.05) is 0 Å². The highest BCUT2D eigenvalue weighted by molar-refractivity contribution is 14.0. The molecule has 3 aliphatic rings. The molecule has 0 aromatic heterocycles. The number of nitrogens with zero attached hydrogens (tertiary/aromatic N) is 2. The Kier molecular flexibility index (Phi) is 7.42. The fourth-order valence-electron chi connectivity index (χ4n) is 4.81. The number of nitrogens with one attached hydrogen (secondary N) is 2. The number of fused-ring (bicyclic) bond motifs is 1. The summed E-state index contributed by atoms with van der Waals surface area (Å²) in [5.41, 5.74) is 0.193. The van der Waals surface area contributed by atoms with Crippen LogP contribution in [-0.4, -0.2) is 61.3 Å². The molecule has 0 spiro atoms. The Balaban J connectivity index is 0.00000225. The maximum Gasteiger partial charge on any atom is 0.191 e. The molecule has 2 N–H and O–H groups in total. The lowest BCUT2D eigenvalue weighted by atomic mass is 9.57. The molecular weight excluding hydrogens is 427 g/mol. The fraction of sp³-hybridized carbons (Fsp3) is 0.947. The average Bonchev–Trinajstić information content (AvgIpc) is 3.00. The minimum Gasteiger partial charge on any atom is -0.377 e. The summed E-state index contributed by atoms with van der Waals surface area (Å²) in [6, 6.07) is 1.66. The number of rotatable bonds is 4. The minimum atomic E-state index is 0. The van der Waals surface area contributed by atoms with Gasteiger partial charge in [-0.3, -0.25) is 4.99 Å². The van der Waals surface area contributed by atoms with Crippen molar-refractivity contribution in [2.45, 2.75) is 78.1 Å². The van der Waals surface area contributed by atoms with Gasteiger partial charge < -0.3 is 20.3 Å². The van der Waals surface area contributed by atoms with E-state index < -0.39 is 0 Å². The quantitative estimate of drug-likeness (QED) is 0.382. The van der Waals surface area contributed by atoms with Crippen LogP contribution in [0, 0.1) is 11.3 Å². The molecule has 1 aliphatic carbocycles. The summed E-state index contributed by atoms with van der Waals surface area (Å²) in [4.78, 5) is 7.28. The number of ether oxygens (including phenoxy) is 1. The number of aliphatic imine (C=N–C) groups is 1. The van der Waals surface area contributed by atoms with Gasteiger partial charge in [0.2, 0.25) is 0 Å². The lowest BCUT2D eigenvalue weighted by Gasteiger charge is -2.55. The van der Waals surface area contributed by atoms with E-state index >= 15 is 0 Å². The van der Waals surface area contributed by atoms with Crippen LogP contribution in [0.5, 0.6) is 0 Å². The van der Waals surface area contributed by atoms with Gasteiger partial charge in [0.25, 0.3) is 0 Å². The summed E-state index contributed by atoms with van der Waals surface area (Å²) in [6.07, 6.45) is 4.00. The van der Waals surface area contributed by atoms with Gasteiger partial charge in [-0.2, -0.15) is 0 Å². The summed E-state index contributed by atoms with van der Waals surface area (Å²) in [7, 11) is 0. The zero-order chi connectivity index (χ0) is 17.3. The SMILES string of the molecule is CCN=C(NC1CCN(C(C)C)CC1)NC1C2CCOC2C1(C)C.I. The Morgan fingerprint density at radius 3 is 2.48 bits per heavy atom. The molecule has 0 aromatic carbocycles. The molecule has 3 fully saturated rings. The van der Waals surface area contributed by atoms with Crippen molar-refractivity contribution in [2.24, 2.45) is 16.3 Å². The van der Waals surface area contributed by atoms with Gasteiger partial charge >= 0.3 is 0 Å². The van der Waals surface area contributed by atoms with Crippen LogP contribution in [0.3, 0.4) is 0 Å². The summed E-state index contributed by atoms with van der Waals surface area (Å²) in [5, 5.41) is 7.45. The highest BCUT2D eigenvalue weighted by Gasteiger charge is 2.59. The predicted molar refractivity (Wildman–Crippen MR) is 115 cm³/mol. The Hall–Kier alpha value is -0.0800. The number of piperidine rings is 1. The van der Waals surface area contributed by atoms with Crippen LogP contribution in [0.15, 0.2) is 4.99 Å². The van der Waals surface area contributed by atoms with Crippen LogP contribution in [0.2, 0.25) is 0 Å². The largest absolute Gasteiger partial charge is 0.377 e. The average molecular weight is 464 g/mol. The third-order valence-electron chi connectivity index (χ3n) is 6.31. The number of hydrogen-bond donors (Lipinski definition) is 2. The van der Waals surface area contributed by atoms with Gasteiger partial charge in [-0.05, 0) is 40.0 Å². The van der Waals surface area contributed by atoms with Crippen molar-refractivity contribution in [3.8, 4) is 0 Å². The van der Waals surface area contributed by atoms with E-state index in [9.17, 15) is 0 Å². The molecule has 5 nitrogen and oxygen atoms in total. The van der Waals surface area contributed by atoms with Crippen molar-refractivity contribution in [3.63, 3.8) is 0 Å². The summed E-state index contributed by atoms with van der Waals surface area (Å²) < 4.78 is 5.92. The highest BCUT2D eigenvalue weighted by atomic mass is 127. The summed E-state index contributed by atoms with van der Waals surface area (Å²) in [5.74, 6) is 1.65. The number of hydrogen-bond acceptors (Lipinski definition) is 3. The van der Waals surface area contributed by atoms with Crippen molar-refractivity contribution in [3.05, 3.63) is 0 Å². The summed E-state index contributed by atoms with van der Waals surface area (Å²) in [6.45, 7) is 15.4. The molecule has 1 saturated carbocycles. The van der Waals surface area contributed by atoms with Crippen molar-refractivity contribution in [2.75, 3.05) is 26.2 Å². The molecular formula is C19H37IN4O. The van der Waals surface area contributed by atoms with E-state index in [1.54, 1.807) is 0 Å². The maximum atomic E-state index is 5.92. The maximum absolute atomic E-state index is 5.92. The van der Waals surface area contributed by atoms with Crippen LogP contribution >= 0.6 is 24.0 Å². The first-order valence-electron chi connectivity index (χ1n) is 9.86. The van der Waals surface area contributed by atoms with E-state index in [2.05, 4.69) is 50.2 Å². The molecule has 3 atom stereocenters. The molecule has 0 radical (unpaired) electrons. The molecule has 2 saturated heterocycles. The lowest BCUT2D eigenvalue weighted by Crippen LogP contribution is -2.68. The molecule has 2 heterocycles. The Labute approximate surface area is 170 Å². The molecule has 3 unspecified atom stereocenters. The normalized spacial score (nSPS) is 32.7. The van der Waals surface area contributed by atoms with E-state index in [-0.39, 0.29) is 29.4 Å². The second-order valence-electron chi connectivity index (χ2n) is 8.56. The predicted octanol–water partition coefficient (Wildman–Crippen LogP) is 2.85. The molecule has 0 bridgehead atoms. The standard InChI is InChI=1S/C19H36N4O.HI/c1-6-20-18(21-14-7-10-23(11-8-14)13(2)3)22-16-15-9-12-24-17(15)19(16,4)5;/h13-17H,6-12H2,1-5H3,(H2,20,21,22);1H. The van der Waals surface area contributed by atoms with Crippen molar-refractivity contribution in [1.29, 1.82) is 0 Å². The second-order valence-corrected chi connectivity index (χ2v) is 8.56. The van der Waals surface area contributed by atoms with Crippen LogP contribution in [0.25, 0.3) is 0 Å². The van der Waals surface area contributed by atoms with E-state index in [4.69, 9.17) is 9.73 Å². The Bertz CT molecular complexity index is 460. The first-order valence-corrected chi connectivity index (χ1v) is 9.86. The molecule has 2 aliphatic heterocycles. The lowest BCUT2D eigenvalue weighted by molar-refractivity contribution is -0.106. The highest BCUT2D eigenvalue weighted by Crippen LogP contribution is 2.52. The fourth-order valence-corrected chi connectivity index (χ4v) is 4.81. The van der Waals surface area contributed by atoms with Crippen molar-refractivity contribution in [1.82, 2.24) is 15.5 Å². The monoisotopic (exact) mass is 464 g/mol. The zero-order valence-electron chi connectivity index (χ0n) is 16.5. The van der Waals surface area contributed by atoms with Gasteiger partial charge in [-0.1, -0.05) is 13.8 Å². The van der Waals surface area contributed by atoms with Crippen LogP contribution in [0.4, 0.5) is 0 Å². The van der Waals surface area contributed by atoms with Crippen LogP contribution < -0.4 is 10.6 Å². The third-order valence-corrected chi connectivity index (χ3v) is 6.31. The topological polar surface area (TPSA) is 48.9 Å². The van der Waals surface area contributed by atoms with Gasteiger partial charge in [-0.15, -0.1) is 24.0 Å². The molecule has 3 rings (SSSR count). The van der Waals surface area contributed by atoms with Gasteiger partial charge in [0.15, 0.2) is 5.96 Å². The molecule has 146 valence electrons. The van der Waals surface area contributed by atoms with E-state index in [1.165, 1.54) is 32.4 Å². The third kappa shape index (κ3) is 4.43. The first kappa shape index (κ1) is 21.2. The van der Waals surface area contributed by atoms with Gasteiger partial charge in [-0.25, -0.2) is 0 Å². The van der Waals surface area contributed by atoms with Gasteiger partial charge in [0.05, 0.1) is 6.10 Å². The smallest absolute Gasteiger partial charge is 0.191 e. The van der Waals surface area contributed by atoms with E-state index in [0.29, 0.717) is 30.1 Å². The van der Waals surface area contributed by atoms with Crippen LogP contribution in [-0.2, 0) is 4.74 Å². The molecule has 6 heteroatoms. The second kappa shape index (κ2) is 8.74.